The van der Waals surface area contributed by atoms with Crippen molar-refractivity contribution >= 4 is 17.8 Å². The molecule has 1 fully saturated rings. The first-order chi connectivity index (χ1) is 22.4. The zero-order valence-corrected chi connectivity index (χ0v) is 27.1. The Morgan fingerprint density at radius 2 is 1.50 bits per heavy atom. The maximum Gasteiger partial charge on any atom is 0.409 e. The Bertz CT molecular complexity index is 1350. The Balaban J connectivity index is 1.34. The number of Topliss-reactive ketones (excluding diaryl/α,β-unsaturated/α-hetero) is 1. The van der Waals surface area contributed by atoms with Crippen LogP contribution in [-0.4, -0.2) is 86.2 Å². The van der Waals surface area contributed by atoms with Crippen molar-refractivity contribution in [2.45, 2.75) is 57.4 Å². The normalized spacial score (nSPS) is 14.1. The van der Waals surface area contributed by atoms with E-state index < -0.39 is 17.8 Å². The number of amides is 2. The smallest absolute Gasteiger partial charge is 0.409 e. The van der Waals surface area contributed by atoms with Crippen LogP contribution in [-0.2, 0) is 22.4 Å². The maximum atomic E-state index is 13.4. The van der Waals surface area contributed by atoms with Gasteiger partial charge in [0, 0.05) is 37.6 Å². The van der Waals surface area contributed by atoms with Crippen molar-refractivity contribution in [2.24, 2.45) is 0 Å². The van der Waals surface area contributed by atoms with Crippen LogP contribution in [0.15, 0.2) is 67.0 Å². The summed E-state index contributed by atoms with van der Waals surface area (Å²) < 4.78 is 21.8. The van der Waals surface area contributed by atoms with Gasteiger partial charge in [-0.2, -0.15) is 0 Å². The number of ether oxygens (including phenoxy) is 4. The molecule has 0 bridgehead atoms. The summed E-state index contributed by atoms with van der Waals surface area (Å²) in [5.74, 6) is -0.433. The average molecular weight is 632 g/mol. The van der Waals surface area contributed by atoms with E-state index in [4.69, 9.17) is 18.9 Å². The summed E-state index contributed by atoms with van der Waals surface area (Å²) >= 11 is 0. The molecule has 0 saturated carbocycles. The first kappa shape index (κ1) is 34.3. The number of ketones is 1. The van der Waals surface area contributed by atoms with Gasteiger partial charge in [0.2, 0.25) is 5.75 Å². The first-order valence-electron chi connectivity index (χ1n) is 15.9. The van der Waals surface area contributed by atoms with Gasteiger partial charge in [-0.15, -0.1) is 0 Å². The summed E-state index contributed by atoms with van der Waals surface area (Å²) in [6.07, 6.45) is 10.0. The lowest BCUT2D eigenvalue weighted by molar-refractivity contribution is -0.128. The van der Waals surface area contributed by atoms with Gasteiger partial charge in [-0.05, 0) is 80.7 Å². The molecule has 1 aliphatic heterocycles. The van der Waals surface area contributed by atoms with Crippen LogP contribution in [0.2, 0.25) is 0 Å². The lowest BCUT2D eigenvalue weighted by atomic mass is 10.1. The fraction of sp³-hybridized carbons (Fsp3) is 0.444. The predicted octanol–water partition coefficient (Wildman–Crippen LogP) is 5.77. The molecule has 3 aromatic rings. The van der Waals surface area contributed by atoms with Crippen LogP contribution >= 0.6 is 0 Å². The fourth-order valence-electron chi connectivity index (χ4n) is 5.75. The van der Waals surface area contributed by atoms with Gasteiger partial charge < -0.3 is 28.7 Å². The molecular weight excluding hydrogens is 586 g/mol. The number of nitrogens with zero attached hydrogens (tertiary/aromatic N) is 3. The highest BCUT2D eigenvalue weighted by molar-refractivity contribution is 6.43. The molecule has 1 aliphatic rings. The molecule has 1 atom stereocenters. The number of benzene rings is 2. The quantitative estimate of drug-likeness (QED) is 0.105. The van der Waals surface area contributed by atoms with Crippen molar-refractivity contribution in [3.63, 3.8) is 0 Å². The molecule has 0 radical (unpaired) electrons. The van der Waals surface area contributed by atoms with E-state index in [2.05, 4.69) is 23.2 Å². The van der Waals surface area contributed by atoms with Gasteiger partial charge >= 0.3 is 6.09 Å². The minimum absolute atomic E-state index is 0.0311. The standard InChI is InChI=1S/C36H45N3O7/c1-43-31-23-29(24-32(44-2)34(31)45-3)33(40)35(41)39-22-12-18-30(39)26-46-36(42)38(20-9-7-15-27-13-5-4-6-14-27)21-10-8-16-28-17-11-19-37-25-28/h4-6,11,13-14,17,19,23-25,30H,7-10,12,15-16,18,20-22,26H2,1-3H3. The van der Waals surface area contributed by atoms with Crippen LogP contribution in [0, 0.1) is 0 Å². The van der Waals surface area contributed by atoms with Gasteiger partial charge in [-0.1, -0.05) is 36.4 Å². The van der Waals surface area contributed by atoms with E-state index >= 15 is 0 Å². The van der Waals surface area contributed by atoms with Crippen molar-refractivity contribution in [2.75, 3.05) is 47.6 Å². The lowest BCUT2D eigenvalue weighted by Gasteiger charge is -2.26. The number of pyridine rings is 1. The molecule has 1 aromatic heterocycles. The van der Waals surface area contributed by atoms with E-state index in [1.54, 1.807) is 11.1 Å². The van der Waals surface area contributed by atoms with Gasteiger partial charge in [-0.25, -0.2) is 4.79 Å². The molecule has 4 rings (SSSR count). The number of hydrogen-bond donors (Lipinski definition) is 0. The number of aryl methyl sites for hydroxylation is 2. The van der Waals surface area contributed by atoms with Crippen molar-refractivity contribution < 1.29 is 33.3 Å². The fourth-order valence-corrected chi connectivity index (χ4v) is 5.75. The first-order valence-corrected chi connectivity index (χ1v) is 15.9. The summed E-state index contributed by atoms with van der Waals surface area (Å²) in [6.45, 7) is 1.61. The van der Waals surface area contributed by atoms with Gasteiger partial charge in [-0.3, -0.25) is 14.6 Å². The van der Waals surface area contributed by atoms with Crippen LogP contribution in [0.5, 0.6) is 17.2 Å². The number of unbranched alkanes of at least 4 members (excludes halogenated alkanes) is 2. The van der Waals surface area contributed by atoms with Gasteiger partial charge in [0.25, 0.3) is 11.7 Å². The summed E-state index contributed by atoms with van der Waals surface area (Å²) in [4.78, 5) is 47.5. The molecule has 10 nitrogen and oxygen atoms in total. The number of likely N-dealkylation sites (tertiary alicyclic amines) is 1. The number of carbonyl (C=O) groups excluding carboxylic acids is 3. The molecule has 0 N–H and O–H groups in total. The molecule has 1 unspecified atom stereocenters. The van der Waals surface area contributed by atoms with E-state index in [9.17, 15) is 14.4 Å². The second-order valence-corrected chi connectivity index (χ2v) is 11.4. The van der Waals surface area contributed by atoms with E-state index in [1.807, 2.05) is 30.5 Å². The molecular formula is C36H45N3O7. The summed E-state index contributed by atoms with van der Waals surface area (Å²) in [5.41, 5.74) is 2.59. The molecule has 46 heavy (non-hydrogen) atoms. The Morgan fingerprint density at radius 1 is 0.848 bits per heavy atom. The summed E-state index contributed by atoms with van der Waals surface area (Å²) in [5, 5.41) is 0. The Hall–Kier alpha value is -4.60. The van der Waals surface area contributed by atoms with E-state index in [-0.39, 0.29) is 29.7 Å². The molecule has 10 heteroatoms. The highest BCUT2D eigenvalue weighted by Crippen LogP contribution is 2.38. The highest BCUT2D eigenvalue weighted by Gasteiger charge is 2.35. The second-order valence-electron chi connectivity index (χ2n) is 11.4. The lowest BCUT2D eigenvalue weighted by Crippen LogP contribution is -2.43. The van der Waals surface area contributed by atoms with E-state index in [0.29, 0.717) is 38.2 Å². The molecule has 246 valence electrons. The number of aromatic nitrogens is 1. The number of carbonyl (C=O) groups is 3. The molecule has 2 amide bonds. The molecule has 1 saturated heterocycles. The van der Waals surface area contributed by atoms with E-state index in [1.165, 1.54) is 49.5 Å². The molecule has 0 aliphatic carbocycles. The van der Waals surface area contributed by atoms with Crippen molar-refractivity contribution in [1.29, 1.82) is 0 Å². The second kappa shape index (κ2) is 17.8. The van der Waals surface area contributed by atoms with Crippen LogP contribution in [0.25, 0.3) is 0 Å². The third-order valence-corrected chi connectivity index (χ3v) is 8.27. The van der Waals surface area contributed by atoms with Crippen molar-refractivity contribution in [3.8, 4) is 17.2 Å². The van der Waals surface area contributed by atoms with Crippen LogP contribution in [0.1, 0.15) is 60.0 Å². The van der Waals surface area contributed by atoms with Crippen LogP contribution in [0.4, 0.5) is 4.79 Å². The van der Waals surface area contributed by atoms with Gasteiger partial charge in [0.1, 0.15) is 6.61 Å². The number of rotatable bonds is 17. The SMILES string of the molecule is COc1cc(C(=O)C(=O)N2CCCC2COC(=O)N(CCCCc2ccccc2)CCCCc2cccnc2)cc(OC)c1OC. The highest BCUT2D eigenvalue weighted by atomic mass is 16.6. The van der Waals surface area contributed by atoms with Crippen molar-refractivity contribution in [3.05, 3.63) is 83.7 Å². The molecule has 0 spiro atoms. The summed E-state index contributed by atoms with van der Waals surface area (Å²) in [7, 11) is 4.37. The van der Waals surface area contributed by atoms with Crippen molar-refractivity contribution in [1.82, 2.24) is 14.8 Å². The Morgan fingerprint density at radius 3 is 2.11 bits per heavy atom. The van der Waals surface area contributed by atoms with E-state index in [0.717, 1.165) is 38.5 Å². The van der Waals surface area contributed by atoms with Crippen LogP contribution < -0.4 is 14.2 Å². The minimum Gasteiger partial charge on any atom is -0.493 e. The Kier molecular flexibility index (Phi) is 13.2. The number of methoxy groups -OCH3 is 3. The average Bonchev–Trinajstić information content (AvgIpc) is 3.58. The zero-order chi connectivity index (χ0) is 32.7. The van der Waals surface area contributed by atoms with Gasteiger partial charge in [0.05, 0.1) is 27.4 Å². The Labute approximate surface area is 271 Å². The van der Waals surface area contributed by atoms with Crippen LogP contribution in [0.3, 0.4) is 0 Å². The zero-order valence-electron chi connectivity index (χ0n) is 27.1. The molecule has 2 aromatic carbocycles. The number of hydrogen-bond acceptors (Lipinski definition) is 8. The topological polar surface area (TPSA) is 108 Å². The third-order valence-electron chi connectivity index (χ3n) is 8.27. The third kappa shape index (κ3) is 9.45. The monoisotopic (exact) mass is 631 g/mol. The minimum atomic E-state index is -0.689. The molecule has 2 heterocycles. The summed E-state index contributed by atoms with van der Waals surface area (Å²) in [6, 6.07) is 16.9. The maximum absolute atomic E-state index is 13.4. The predicted molar refractivity (Wildman–Crippen MR) is 175 cm³/mol. The largest absolute Gasteiger partial charge is 0.493 e. The van der Waals surface area contributed by atoms with Gasteiger partial charge in [0.15, 0.2) is 11.5 Å².